The minimum absolute atomic E-state index is 0.201. The third kappa shape index (κ3) is 3.18. The van der Waals surface area contributed by atoms with E-state index in [1.54, 1.807) is 0 Å². The summed E-state index contributed by atoms with van der Waals surface area (Å²) in [6.45, 7) is 0. The molecule has 1 N–H and O–H groups in total. The fourth-order valence-electron chi connectivity index (χ4n) is 2.24. The molecule has 2 nitrogen and oxygen atoms in total. The maximum absolute atomic E-state index is 9.55. The summed E-state index contributed by atoms with van der Waals surface area (Å²) in [5, 5.41) is 18.0. The van der Waals surface area contributed by atoms with Crippen molar-refractivity contribution in [3.05, 3.63) is 41.5 Å². The summed E-state index contributed by atoms with van der Waals surface area (Å²) >= 11 is 0. The van der Waals surface area contributed by atoms with E-state index in [2.05, 4.69) is 30.3 Å². The monoisotopic (exact) mass is 227 g/mol. The van der Waals surface area contributed by atoms with Gasteiger partial charge in [-0.05, 0) is 42.4 Å². The van der Waals surface area contributed by atoms with Gasteiger partial charge < -0.3 is 5.11 Å². The molecule has 0 saturated carbocycles. The second-order valence-corrected chi connectivity index (χ2v) is 4.54. The van der Waals surface area contributed by atoms with Gasteiger partial charge in [-0.25, -0.2) is 0 Å². The molecule has 0 fully saturated rings. The van der Waals surface area contributed by atoms with E-state index in [1.165, 1.54) is 30.4 Å². The summed E-state index contributed by atoms with van der Waals surface area (Å²) in [5.41, 5.74) is 3.82. The van der Waals surface area contributed by atoms with Gasteiger partial charge in [0.2, 0.25) is 0 Å². The molecule has 0 heterocycles. The summed E-state index contributed by atoms with van der Waals surface area (Å²) in [5.74, 6) is 0. The van der Waals surface area contributed by atoms with Crippen LogP contribution in [0.1, 0.15) is 36.8 Å². The zero-order valence-electron chi connectivity index (χ0n) is 9.89. The average Bonchev–Trinajstić information content (AvgIpc) is 2.84. The molecular formula is C15H17NO. The number of benzene rings is 1. The summed E-state index contributed by atoms with van der Waals surface area (Å²) < 4.78 is 0. The Morgan fingerprint density at radius 2 is 2.06 bits per heavy atom. The quantitative estimate of drug-likeness (QED) is 0.859. The SMILES string of the molecule is N#CC[C@@H](O)Cc1ccc(C2=CCCC2)cc1. The summed E-state index contributed by atoms with van der Waals surface area (Å²) in [7, 11) is 0. The lowest BCUT2D eigenvalue weighted by molar-refractivity contribution is 0.180. The molecule has 2 rings (SSSR count). The van der Waals surface area contributed by atoms with Crippen LogP contribution in [0.2, 0.25) is 0 Å². The zero-order chi connectivity index (χ0) is 12.1. The smallest absolute Gasteiger partial charge is 0.0710 e. The minimum Gasteiger partial charge on any atom is -0.392 e. The van der Waals surface area contributed by atoms with Gasteiger partial charge in [0, 0.05) is 0 Å². The molecule has 0 unspecified atom stereocenters. The second kappa shape index (κ2) is 5.65. The molecule has 0 aromatic heterocycles. The van der Waals surface area contributed by atoms with Crippen molar-refractivity contribution in [2.24, 2.45) is 0 Å². The topological polar surface area (TPSA) is 44.0 Å². The van der Waals surface area contributed by atoms with Gasteiger partial charge in [0.25, 0.3) is 0 Å². The van der Waals surface area contributed by atoms with Crippen LogP contribution in [0, 0.1) is 11.3 Å². The number of nitriles is 1. The van der Waals surface area contributed by atoms with Crippen molar-refractivity contribution in [2.75, 3.05) is 0 Å². The van der Waals surface area contributed by atoms with Crippen LogP contribution in [0.15, 0.2) is 30.3 Å². The van der Waals surface area contributed by atoms with Crippen molar-refractivity contribution < 1.29 is 5.11 Å². The van der Waals surface area contributed by atoms with E-state index in [0.717, 1.165) is 5.56 Å². The highest BCUT2D eigenvalue weighted by Crippen LogP contribution is 2.27. The van der Waals surface area contributed by atoms with E-state index in [4.69, 9.17) is 5.26 Å². The maximum atomic E-state index is 9.55. The Morgan fingerprint density at radius 1 is 1.29 bits per heavy atom. The maximum Gasteiger partial charge on any atom is 0.0710 e. The third-order valence-corrected chi connectivity index (χ3v) is 3.16. The van der Waals surface area contributed by atoms with Gasteiger partial charge in [0.05, 0.1) is 18.6 Å². The van der Waals surface area contributed by atoms with Gasteiger partial charge in [-0.1, -0.05) is 30.3 Å². The van der Waals surface area contributed by atoms with Gasteiger partial charge in [0.15, 0.2) is 0 Å². The number of aliphatic hydroxyl groups excluding tert-OH is 1. The van der Waals surface area contributed by atoms with Crippen LogP contribution in [0.3, 0.4) is 0 Å². The van der Waals surface area contributed by atoms with Crippen LogP contribution in [-0.4, -0.2) is 11.2 Å². The Bertz CT molecular complexity index is 439. The first-order valence-electron chi connectivity index (χ1n) is 6.13. The van der Waals surface area contributed by atoms with Crippen LogP contribution < -0.4 is 0 Å². The van der Waals surface area contributed by atoms with E-state index in [9.17, 15) is 5.11 Å². The molecule has 1 aromatic carbocycles. The molecule has 0 bridgehead atoms. The van der Waals surface area contributed by atoms with Crippen molar-refractivity contribution in [1.82, 2.24) is 0 Å². The van der Waals surface area contributed by atoms with Crippen LogP contribution in [-0.2, 0) is 6.42 Å². The molecule has 88 valence electrons. The Balaban J connectivity index is 2.00. The van der Waals surface area contributed by atoms with Gasteiger partial charge in [0.1, 0.15) is 0 Å². The molecule has 0 saturated heterocycles. The van der Waals surface area contributed by atoms with E-state index >= 15 is 0 Å². The normalized spacial score (nSPS) is 16.4. The lowest BCUT2D eigenvalue weighted by atomic mass is 10.0. The van der Waals surface area contributed by atoms with Crippen molar-refractivity contribution in [3.8, 4) is 6.07 Å². The van der Waals surface area contributed by atoms with Crippen LogP contribution in [0.5, 0.6) is 0 Å². The van der Waals surface area contributed by atoms with Crippen LogP contribution in [0.4, 0.5) is 0 Å². The van der Waals surface area contributed by atoms with Crippen molar-refractivity contribution in [3.63, 3.8) is 0 Å². The number of nitrogens with zero attached hydrogens (tertiary/aromatic N) is 1. The molecule has 17 heavy (non-hydrogen) atoms. The molecule has 1 atom stereocenters. The lowest BCUT2D eigenvalue weighted by Crippen LogP contribution is -2.08. The highest BCUT2D eigenvalue weighted by atomic mass is 16.3. The molecule has 1 aromatic rings. The van der Waals surface area contributed by atoms with Gasteiger partial charge in [-0.2, -0.15) is 5.26 Å². The molecule has 1 aliphatic rings. The summed E-state index contributed by atoms with van der Waals surface area (Å²) in [4.78, 5) is 0. The van der Waals surface area contributed by atoms with Crippen LogP contribution >= 0.6 is 0 Å². The Kier molecular flexibility index (Phi) is 3.95. The molecule has 1 aliphatic carbocycles. The third-order valence-electron chi connectivity index (χ3n) is 3.16. The summed E-state index contributed by atoms with van der Waals surface area (Å²) in [6, 6.07) is 10.3. The molecule has 2 heteroatoms. The predicted molar refractivity (Wildman–Crippen MR) is 68.2 cm³/mol. The predicted octanol–water partition coefficient (Wildman–Crippen LogP) is 3.07. The number of rotatable bonds is 4. The molecule has 0 spiro atoms. The number of hydrogen-bond donors (Lipinski definition) is 1. The van der Waals surface area contributed by atoms with Gasteiger partial charge in [-0.15, -0.1) is 0 Å². The van der Waals surface area contributed by atoms with Crippen LogP contribution in [0.25, 0.3) is 5.57 Å². The number of allylic oxidation sites excluding steroid dienone is 2. The molecule has 0 amide bonds. The van der Waals surface area contributed by atoms with Crippen molar-refractivity contribution in [1.29, 1.82) is 5.26 Å². The first-order chi connectivity index (χ1) is 8.29. The largest absolute Gasteiger partial charge is 0.392 e. The lowest BCUT2D eigenvalue weighted by Gasteiger charge is -2.08. The zero-order valence-corrected chi connectivity index (χ0v) is 9.89. The Hall–Kier alpha value is -1.59. The second-order valence-electron chi connectivity index (χ2n) is 4.54. The fourth-order valence-corrected chi connectivity index (χ4v) is 2.24. The van der Waals surface area contributed by atoms with Gasteiger partial charge >= 0.3 is 0 Å². The Morgan fingerprint density at radius 3 is 2.65 bits per heavy atom. The van der Waals surface area contributed by atoms with E-state index in [1.807, 2.05) is 6.07 Å². The van der Waals surface area contributed by atoms with Gasteiger partial charge in [-0.3, -0.25) is 0 Å². The van der Waals surface area contributed by atoms with E-state index in [0.29, 0.717) is 6.42 Å². The van der Waals surface area contributed by atoms with E-state index < -0.39 is 6.10 Å². The average molecular weight is 227 g/mol. The summed E-state index contributed by atoms with van der Waals surface area (Å²) in [6.07, 6.45) is 6.16. The Labute approximate surface area is 102 Å². The molecule has 0 aliphatic heterocycles. The number of hydrogen-bond acceptors (Lipinski definition) is 2. The van der Waals surface area contributed by atoms with Crippen molar-refractivity contribution >= 4 is 5.57 Å². The highest BCUT2D eigenvalue weighted by Gasteiger charge is 2.08. The van der Waals surface area contributed by atoms with E-state index in [-0.39, 0.29) is 6.42 Å². The fraction of sp³-hybridized carbons (Fsp3) is 0.400. The molecular weight excluding hydrogens is 210 g/mol. The highest BCUT2D eigenvalue weighted by molar-refractivity contribution is 5.67. The molecule has 0 radical (unpaired) electrons. The number of aliphatic hydroxyl groups is 1. The standard InChI is InChI=1S/C15H17NO/c16-10-9-15(17)11-12-5-7-14(8-6-12)13-3-1-2-4-13/h3,5-8,15,17H,1-2,4,9,11H2/t15-/m1/s1. The minimum atomic E-state index is -0.545. The first kappa shape index (κ1) is 11.9. The first-order valence-corrected chi connectivity index (χ1v) is 6.13. The van der Waals surface area contributed by atoms with Crippen molar-refractivity contribution in [2.45, 2.75) is 38.2 Å².